The summed E-state index contributed by atoms with van der Waals surface area (Å²) in [6.45, 7) is 12.8. The molecule has 1 aliphatic heterocycles. The van der Waals surface area contributed by atoms with E-state index in [9.17, 15) is 0 Å². The molecule has 4 saturated carbocycles. The monoisotopic (exact) mass is 450 g/mol. The molecule has 2 unspecified atom stereocenters. The zero-order valence-corrected chi connectivity index (χ0v) is 21.8. The first-order valence-corrected chi connectivity index (χ1v) is 14.5. The lowest BCUT2D eigenvalue weighted by Gasteiger charge is -2.60. The van der Waals surface area contributed by atoms with Gasteiger partial charge in [-0.15, -0.1) is 11.8 Å². The van der Waals surface area contributed by atoms with Crippen LogP contribution < -0.4 is 0 Å². The summed E-state index contributed by atoms with van der Waals surface area (Å²) in [5, 5.41) is 0.924. The maximum Gasteiger partial charge on any atom is 0.140 e. The zero-order chi connectivity index (χ0) is 21.3. The molecule has 1 saturated heterocycles. The lowest BCUT2D eigenvalue weighted by Crippen LogP contribution is -2.58. The van der Waals surface area contributed by atoms with Gasteiger partial charge in [-0.1, -0.05) is 53.9 Å². The Hall–Kier alpha value is 0.660. The molecule has 1 nitrogen and oxygen atoms in total. The molecular formula is C27H46OS2. The lowest BCUT2D eigenvalue weighted by molar-refractivity contribution is -0.109. The minimum Gasteiger partial charge on any atom is -0.544 e. The first kappa shape index (κ1) is 22.5. The highest BCUT2D eigenvalue weighted by molar-refractivity contribution is 8.08. The summed E-state index contributed by atoms with van der Waals surface area (Å²) >= 11 is 7.52. The van der Waals surface area contributed by atoms with Gasteiger partial charge in [0.25, 0.3) is 0 Å². The number of hydrogen-bond donors (Lipinski definition) is 0. The van der Waals surface area contributed by atoms with Gasteiger partial charge in [-0.05, 0) is 84.9 Å². The van der Waals surface area contributed by atoms with E-state index in [1.54, 1.807) is 0 Å². The molecule has 0 aromatic heterocycles. The van der Waals surface area contributed by atoms with Gasteiger partial charge in [0.2, 0.25) is 0 Å². The molecule has 0 aromatic rings. The predicted molar refractivity (Wildman–Crippen MR) is 132 cm³/mol. The molecule has 5 fully saturated rings. The third-order valence-electron chi connectivity index (χ3n) is 11.4. The molecule has 5 aliphatic rings. The van der Waals surface area contributed by atoms with Crippen molar-refractivity contribution in [3.63, 3.8) is 0 Å². The summed E-state index contributed by atoms with van der Waals surface area (Å²) in [5.74, 6) is 5.76. The summed E-state index contributed by atoms with van der Waals surface area (Å²) < 4.78 is 4.90. The molecule has 3 heteroatoms. The van der Waals surface area contributed by atoms with Gasteiger partial charge in [0, 0.05) is 22.8 Å². The summed E-state index contributed by atoms with van der Waals surface area (Å²) in [5.41, 5.74) is 1.19. The molecule has 0 amide bonds. The Morgan fingerprint density at radius 1 is 1.00 bits per heavy atom. The van der Waals surface area contributed by atoms with Crippen LogP contribution in [0.5, 0.6) is 0 Å². The molecule has 1 spiro atoms. The van der Waals surface area contributed by atoms with Gasteiger partial charge in [0.1, 0.15) is 6.10 Å². The fraction of sp³-hybridized carbons (Fsp3) is 1.00. The topological polar surface area (TPSA) is 12.8 Å². The number of aliphatic hydroxyl groups is 1. The molecular weight excluding hydrogens is 404 g/mol. The second-order valence-corrected chi connectivity index (χ2v) is 14.8. The van der Waals surface area contributed by atoms with Crippen LogP contribution in [-0.2, 0) is 12.9 Å². The Kier molecular flexibility index (Phi) is 5.89. The van der Waals surface area contributed by atoms with Gasteiger partial charge in [0.05, 0.1) is 0 Å². The van der Waals surface area contributed by atoms with E-state index in [0.717, 1.165) is 40.8 Å². The van der Waals surface area contributed by atoms with Crippen LogP contribution in [0.25, 0.3) is 0 Å². The Morgan fingerprint density at radius 2 is 1.80 bits per heavy atom. The maximum atomic E-state index is 5.16. The average molecular weight is 451 g/mol. The molecule has 172 valence electrons. The highest BCUT2D eigenvalue weighted by atomic mass is 32.2. The van der Waals surface area contributed by atoms with E-state index in [2.05, 4.69) is 50.6 Å². The van der Waals surface area contributed by atoms with Crippen LogP contribution in [0.4, 0.5) is 0 Å². The van der Waals surface area contributed by atoms with Gasteiger partial charge >= 0.3 is 0 Å². The van der Waals surface area contributed by atoms with E-state index in [1.807, 2.05) is 0 Å². The Bertz CT molecular complexity index is 651. The largest absolute Gasteiger partial charge is 0.544 e. The predicted octanol–water partition coefficient (Wildman–Crippen LogP) is 7.31. The van der Waals surface area contributed by atoms with Crippen molar-refractivity contribution in [2.75, 3.05) is 0 Å². The average Bonchev–Trinajstić information content (AvgIpc) is 3.28. The quantitative estimate of drug-likeness (QED) is 0.239. The van der Waals surface area contributed by atoms with E-state index >= 15 is 0 Å². The van der Waals surface area contributed by atoms with Crippen LogP contribution in [-0.4, -0.2) is 20.3 Å². The number of fused-ring (bicyclic) bond motifs is 4. The van der Waals surface area contributed by atoms with E-state index in [-0.39, 0.29) is 0 Å². The van der Waals surface area contributed by atoms with Crippen molar-refractivity contribution in [3.8, 4) is 0 Å². The molecule has 0 radical (unpaired) electrons. The minimum absolute atomic E-state index is 0.471. The van der Waals surface area contributed by atoms with Crippen LogP contribution in [0.3, 0.4) is 0 Å². The maximum absolute atomic E-state index is 5.16. The van der Waals surface area contributed by atoms with Crippen molar-refractivity contribution in [2.24, 2.45) is 46.3 Å². The van der Waals surface area contributed by atoms with Crippen LogP contribution >= 0.6 is 11.8 Å². The number of rotatable bonds is 6. The minimum atomic E-state index is 0.471. The highest BCUT2D eigenvalue weighted by Gasteiger charge is 2.75. The van der Waals surface area contributed by atoms with Gasteiger partial charge < -0.3 is 17.1 Å². The fourth-order valence-corrected chi connectivity index (χ4v) is 12.0. The molecule has 30 heavy (non-hydrogen) atoms. The first-order valence-electron chi connectivity index (χ1n) is 13.3. The van der Waals surface area contributed by atoms with Crippen molar-refractivity contribution in [3.05, 3.63) is 0 Å². The summed E-state index contributed by atoms with van der Waals surface area (Å²) in [6.07, 6.45) is 16.3. The van der Waals surface area contributed by atoms with E-state index < -0.39 is 0 Å². The molecule has 1 heterocycles. The van der Waals surface area contributed by atoms with Crippen molar-refractivity contribution >= 4 is 24.7 Å². The van der Waals surface area contributed by atoms with E-state index in [1.165, 1.54) is 70.6 Å². The molecule has 1 N–H and O–H groups in total. The Labute approximate surface area is 196 Å². The van der Waals surface area contributed by atoms with E-state index in [0.29, 0.717) is 21.7 Å². The first-order chi connectivity index (χ1) is 14.2. The summed E-state index contributed by atoms with van der Waals surface area (Å²) in [6, 6.07) is 0. The Morgan fingerprint density at radius 3 is 2.53 bits per heavy atom. The SMILES string of the molecule is CC(C)CCC[C@@H](C)[C@H]1CC[C@H]2[C@@H]3CC4SC45C[C@@H]([OH+][S-])CC[C@]5(C)[C@H]3CC[C@]12C. The molecule has 5 rings (SSSR count). The van der Waals surface area contributed by atoms with E-state index in [4.69, 9.17) is 12.9 Å². The number of hydrogen-bond acceptors (Lipinski definition) is 2. The third-order valence-corrected chi connectivity index (χ3v) is 13.7. The van der Waals surface area contributed by atoms with Crippen molar-refractivity contribution < 1.29 is 4.18 Å². The number of thioether (sulfide) groups is 1. The molecule has 0 bridgehead atoms. The van der Waals surface area contributed by atoms with Crippen LogP contribution in [0, 0.1) is 46.3 Å². The molecule has 0 aromatic carbocycles. The zero-order valence-electron chi connectivity index (χ0n) is 20.2. The summed E-state index contributed by atoms with van der Waals surface area (Å²) in [7, 11) is 0. The lowest BCUT2D eigenvalue weighted by atomic mass is 9.44. The second kappa shape index (κ2) is 7.86. The van der Waals surface area contributed by atoms with Crippen molar-refractivity contribution in [1.29, 1.82) is 0 Å². The van der Waals surface area contributed by atoms with Crippen LogP contribution in [0.2, 0.25) is 0 Å². The normalized spacial score (nSPS) is 52.9. The molecule has 4 aliphatic carbocycles. The highest BCUT2D eigenvalue weighted by Crippen LogP contribution is 2.80. The van der Waals surface area contributed by atoms with Gasteiger partial charge in [-0.3, -0.25) is 0 Å². The van der Waals surface area contributed by atoms with Crippen LogP contribution in [0.15, 0.2) is 0 Å². The molecule has 10 atom stereocenters. The summed E-state index contributed by atoms with van der Waals surface area (Å²) in [4.78, 5) is 0. The standard InChI is InChI=1S/C27H46OS2/c1-17(2)7-6-8-18(3)21-9-10-22-20-15-24-27(30-24)16-19(28-29)11-14-26(27,5)23(20)12-13-25(21,22)4/h17-24,28H,6-16H2,1-5H3/t18-,19+,20+,21-,22+,23+,24?,25-,26-,27?/m1/s1. The third kappa shape index (κ3) is 3.21. The van der Waals surface area contributed by atoms with Gasteiger partial charge in [0.15, 0.2) is 0 Å². The van der Waals surface area contributed by atoms with Crippen molar-refractivity contribution in [2.45, 2.75) is 121 Å². The Balaban J connectivity index is 1.32. The van der Waals surface area contributed by atoms with Crippen molar-refractivity contribution in [1.82, 2.24) is 0 Å². The second-order valence-electron chi connectivity index (χ2n) is 13.1. The van der Waals surface area contributed by atoms with Crippen LogP contribution in [0.1, 0.15) is 105 Å². The van der Waals surface area contributed by atoms with Gasteiger partial charge in [-0.2, -0.15) is 0 Å². The van der Waals surface area contributed by atoms with Gasteiger partial charge in [-0.25, -0.2) is 0 Å². The fourth-order valence-electron chi connectivity index (χ4n) is 9.77. The smallest absolute Gasteiger partial charge is 0.140 e.